The number of aromatic nitrogens is 1. The van der Waals surface area contributed by atoms with Gasteiger partial charge in [0.15, 0.2) is 0 Å². The predicted octanol–water partition coefficient (Wildman–Crippen LogP) is 5.37. The van der Waals surface area contributed by atoms with Gasteiger partial charge in [-0.15, -0.1) is 0 Å². The lowest BCUT2D eigenvalue weighted by Gasteiger charge is -2.25. The third-order valence-corrected chi connectivity index (χ3v) is 6.35. The molecule has 3 aromatic carbocycles. The summed E-state index contributed by atoms with van der Waals surface area (Å²) in [5, 5.41) is 23.8. The molecular weight excluding hydrogens is 470 g/mol. The first kappa shape index (κ1) is 22.4. The number of rotatable bonds is 4. The zero-order valence-electron chi connectivity index (χ0n) is 18.4. The number of anilines is 1. The summed E-state index contributed by atoms with van der Waals surface area (Å²) in [4.78, 5) is 38.7. The number of amides is 1. The van der Waals surface area contributed by atoms with Crippen LogP contribution < -0.4 is 4.90 Å². The molecule has 174 valence electrons. The number of carbonyl (C=O) groups excluding carboxylic acids is 2. The minimum absolute atomic E-state index is 0.0681. The summed E-state index contributed by atoms with van der Waals surface area (Å²) in [7, 11) is 1.85. The second-order valence-corrected chi connectivity index (χ2v) is 8.60. The molecule has 1 saturated heterocycles. The van der Waals surface area contributed by atoms with E-state index in [2.05, 4.69) is 0 Å². The smallest absolute Gasteiger partial charge is 0.300 e. The molecule has 1 atom stereocenters. The van der Waals surface area contributed by atoms with Crippen LogP contribution in [0.5, 0.6) is 0 Å². The summed E-state index contributed by atoms with van der Waals surface area (Å²) in [6, 6.07) is 18.3. The molecule has 1 aromatic heterocycles. The quantitative estimate of drug-likeness (QED) is 0.137. The Kier molecular flexibility index (Phi) is 5.37. The monoisotopic (exact) mass is 487 g/mol. The number of non-ortho nitro benzene ring substituents is 1. The molecule has 0 aliphatic carbocycles. The molecule has 1 amide bonds. The number of ketones is 1. The fraction of sp³-hybridized carbons (Fsp3) is 0.0769. The molecule has 0 saturated carbocycles. The molecule has 0 bridgehead atoms. The largest absolute Gasteiger partial charge is 0.507 e. The summed E-state index contributed by atoms with van der Waals surface area (Å²) in [6.07, 6.45) is 1.81. The first-order chi connectivity index (χ1) is 16.8. The van der Waals surface area contributed by atoms with Crippen LogP contribution in [0.25, 0.3) is 16.7 Å². The van der Waals surface area contributed by atoms with Crippen LogP contribution in [0, 0.1) is 10.1 Å². The number of halogens is 1. The number of hydrogen-bond donors (Lipinski definition) is 1. The van der Waals surface area contributed by atoms with Crippen LogP contribution in [0.2, 0.25) is 5.02 Å². The standard InChI is InChI=1S/C26H18ClN3O5/c1-28-14-20(19-7-2-3-8-21(19)28)23-22(24(31)15-5-4-6-18(13-15)30(34)35)25(32)26(33)29(23)17-11-9-16(27)10-12-17/h2-14,23,31H,1H3/b24-22+. The van der Waals surface area contributed by atoms with Crippen LogP contribution in [-0.2, 0) is 16.6 Å². The van der Waals surface area contributed by atoms with E-state index >= 15 is 0 Å². The van der Waals surface area contributed by atoms with E-state index in [0.717, 1.165) is 10.9 Å². The van der Waals surface area contributed by atoms with Crippen molar-refractivity contribution < 1.29 is 19.6 Å². The number of Topliss-reactive ketones (excluding diaryl/α,β-unsaturated/α-hetero) is 1. The second-order valence-electron chi connectivity index (χ2n) is 8.17. The highest BCUT2D eigenvalue weighted by atomic mass is 35.5. The lowest BCUT2D eigenvalue weighted by Crippen LogP contribution is -2.29. The van der Waals surface area contributed by atoms with Crippen molar-refractivity contribution in [1.82, 2.24) is 4.57 Å². The second kappa shape index (κ2) is 8.41. The molecule has 5 rings (SSSR count). The van der Waals surface area contributed by atoms with Gasteiger partial charge in [0.05, 0.1) is 16.5 Å². The number of nitrogens with zero attached hydrogens (tertiary/aromatic N) is 3. The van der Waals surface area contributed by atoms with E-state index in [1.54, 1.807) is 24.3 Å². The Morgan fingerprint density at radius 2 is 1.74 bits per heavy atom. The Balaban J connectivity index is 1.80. The predicted molar refractivity (Wildman–Crippen MR) is 132 cm³/mol. The maximum absolute atomic E-state index is 13.3. The maximum Gasteiger partial charge on any atom is 0.300 e. The van der Waals surface area contributed by atoms with Gasteiger partial charge in [-0.2, -0.15) is 0 Å². The molecule has 0 radical (unpaired) electrons. The first-order valence-electron chi connectivity index (χ1n) is 10.6. The van der Waals surface area contributed by atoms with Crippen LogP contribution in [0.15, 0.2) is 84.6 Å². The van der Waals surface area contributed by atoms with E-state index in [-0.39, 0.29) is 16.8 Å². The summed E-state index contributed by atoms with van der Waals surface area (Å²) in [5.74, 6) is -2.19. The molecule has 35 heavy (non-hydrogen) atoms. The van der Waals surface area contributed by atoms with Crippen molar-refractivity contribution in [2.45, 2.75) is 6.04 Å². The number of fused-ring (bicyclic) bond motifs is 1. The SMILES string of the molecule is Cn1cc(C2/C(=C(\O)c3cccc([N+](=O)[O-])c3)C(=O)C(=O)N2c2ccc(Cl)cc2)c2ccccc21. The molecule has 1 aliphatic rings. The van der Waals surface area contributed by atoms with Gasteiger partial charge in [-0.25, -0.2) is 0 Å². The van der Waals surface area contributed by atoms with Gasteiger partial charge in [-0.3, -0.25) is 24.6 Å². The maximum atomic E-state index is 13.3. The fourth-order valence-corrected chi connectivity index (χ4v) is 4.63. The summed E-state index contributed by atoms with van der Waals surface area (Å²) >= 11 is 6.04. The Morgan fingerprint density at radius 3 is 2.46 bits per heavy atom. The minimum atomic E-state index is -0.971. The Morgan fingerprint density at radius 1 is 1.03 bits per heavy atom. The van der Waals surface area contributed by atoms with Gasteiger partial charge in [0, 0.05) is 58.1 Å². The number of aliphatic hydroxyl groups is 1. The number of nitro groups is 1. The third kappa shape index (κ3) is 3.64. The molecule has 2 heterocycles. The van der Waals surface area contributed by atoms with Crippen LogP contribution in [0.1, 0.15) is 17.2 Å². The number of nitro benzene ring substituents is 1. The summed E-state index contributed by atoms with van der Waals surface area (Å²) in [5.41, 5.74) is 1.60. The molecular formula is C26H18ClN3O5. The highest BCUT2D eigenvalue weighted by Crippen LogP contribution is 2.44. The van der Waals surface area contributed by atoms with Crippen LogP contribution in [0.4, 0.5) is 11.4 Å². The number of aliphatic hydroxyl groups excluding tert-OH is 1. The van der Waals surface area contributed by atoms with Gasteiger partial charge in [0.1, 0.15) is 5.76 Å². The van der Waals surface area contributed by atoms with E-state index in [0.29, 0.717) is 16.3 Å². The highest BCUT2D eigenvalue weighted by Gasteiger charge is 2.48. The first-order valence-corrected chi connectivity index (χ1v) is 11.0. The Hall–Kier alpha value is -4.43. The third-order valence-electron chi connectivity index (χ3n) is 6.10. The van der Waals surface area contributed by atoms with E-state index in [1.807, 2.05) is 42.1 Å². The van der Waals surface area contributed by atoms with E-state index in [1.165, 1.54) is 29.2 Å². The van der Waals surface area contributed by atoms with Gasteiger partial charge in [-0.05, 0) is 30.3 Å². The molecule has 9 heteroatoms. The van der Waals surface area contributed by atoms with Gasteiger partial charge in [0.2, 0.25) is 0 Å². The fourth-order valence-electron chi connectivity index (χ4n) is 4.51. The van der Waals surface area contributed by atoms with Crippen molar-refractivity contribution in [1.29, 1.82) is 0 Å². The lowest BCUT2D eigenvalue weighted by atomic mass is 9.94. The number of aryl methyl sites for hydroxylation is 1. The summed E-state index contributed by atoms with van der Waals surface area (Å²) < 4.78 is 1.88. The van der Waals surface area contributed by atoms with Crippen molar-refractivity contribution in [3.05, 3.63) is 111 Å². The zero-order valence-corrected chi connectivity index (χ0v) is 19.1. The van der Waals surface area contributed by atoms with Crippen molar-refractivity contribution in [2.24, 2.45) is 7.05 Å². The molecule has 0 spiro atoms. The normalized spacial score (nSPS) is 17.3. The number of hydrogen-bond acceptors (Lipinski definition) is 5. The number of carbonyl (C=O) groups is 2. The molecule has 8 nitrogen and oxygen atoms in total. The number of benzene rings is 3. The minimum Gasteiger partial charge on any atom is -0.507 e. The number of para-hydroxylation sites is 1. The Bertz CT molecular complexity index is 1560. The van der Waals surface area contributed by atoms with Crippen LogP contribution in [0.3, 0.4) is 0 Å². The molecule has 1 unspecified atom stereocenters. The van der Waals surface area contributed by atoms with Gasteiger partial charge < -0.3 is 9.67 Å². The van der Waals surface area contributed by atoms with Crippen molar-refractivity contribution in [2.75, 3.05) is 4.90 Å². The van der Waals surface area contributed by atoms with Gasteiger partial charge in [-0.1, -0.05) is 41.9 Å². The molecule has 1 fully saturated rings. The van der Waals surface area contributed by atoms with Gasteiger partial charge >= 0.3 is 0 Å². The lowest BCUT2D eigenvalue weighted by molar-refractivity contribution is -0.384. The average molecular weight is 488 g/mol. The van der Waals surface area contributed by atoms with Crippen molar-refractivity contribution >= 4 is 51.3 Å². The van der Waals surface area contributed by atoms with Crippen molar-refractivity contribution in [3.8, 4) is 0 Å². The topological polar surface area (TPSA) is 106 Å². The van der Waals surface area contributed by atoms with Crippen molar-refractivity contribution in [3.63, 3.8) is 0 Å². The highest BCUT2D eigenvalue weighted by molar-refractivity contribution is 6.52. The van der Waals surface area contributed by atoms with E-state index in [9.17, 15) is 24.8 Å². The van der Waals surface area contributed by atoms with E-state index in [4.69, 9.17) is 11.6 Å². The van der Waals surface area contributed by atoms with E-state index < -0.39 is 28.4 Å². The Labute approximate surface area is 204 Å². The van der Waals surface area contributed by atoms with Crippen LogP contribution >= 0.6 is 11.6 Å². The van der Waals surface area contributed by atoms with Gasteiger partial charge in [0.25, 0.3) is 17.4 Å². The zero-order chi connectivity index (χ0) is 24.9. The molecule has 1 N–H and O–H groups in total. The molecule has 4 aromatic rings. The van der Waals surface area contributed by atoms with Crippen LogP contribution in [-0.4, -0.2) is 26.3 Å². The summed E-state index contributed by atoms with van der Waals surface area (Å²) in [6.45, 7) is 0. The molecule has 1 aliphatic heterocycles. The average Bonchev–Trinajstić information content (AvgIpc) is 3.33.